The number of carbonyl (C=O) groups is 2. The second-order valence-corrected chi connectivity index (χ2v) is 5.47. The van der Waals surface area contributed by atoms with Gasteiger partial charge in [0, 0.05) is 19.5 Å². The molecule has 0 aliphatic heterocycles. The van der Waals surface area contributed by atoms with Crippen molar-refractivity contribution in [2.24, 2.45) is 0 Å². The number of hydrogen-bond donors (Lipinski definition) is 1. The van der Waals surface area contributed by atoms with Crippen LogP contribution in [0.5, 0.6) is 5.75 Å². The van der Waals surface area contributed by atoms with E-state index < -0.39 is 0 Å². The van der Waals surface area contributed by atoms with E-state index in [1.54, 1.807) is 27.1 Å². The van der Waals surface area contributed by atoms with Gasteiger partial charge < -0.3 is 19.5 Å². The Labute approximate surface area is 140 Å². The Bertz CT molecular complexity index is 694. The molecule has 128 valence electrons. The summed E-state index contributed by atoms with van der Waals surface area (Å²) in [7, 11) is 3.21. The summed E-state index contributed by atoms with van der Waals surface area (Å²) in [6.45, 7) is 1.70. The maximum atomic E-state index is 12.1. The topological polar surface area (TPSA) is 84.7 Å². The Balaban J connectivity index is 1.77. The number of hydrogen-bond acceptors (Lipinski definition) is 5. The Morgan fingerprint density at radius 1 is 1.29 bits per heavy atom. The molecular weight excluding hydrogens is 310 g/mol. The molecule has 1 N–H and O–H groups in total. The van der Waals surface area contributed by atoms with Gasteiger partial charge in [-0.05, 0) is 31.0 Å². The third kappa shape index (κ3) is 5.12. The first-order chi connectivity index (χ1) is 11.5. The Kier molecular flexibility index (Phi) is 5.95. The molecule has 0 atom stereocenters. The summed E-state index contributed by atoms with van der Waals surface area (Å²) in [6, 6.07) is 9.18. The van der Waals surface area contributed by atoms with Crippen LogP contribution in [-0.2, 0) is 16.0 Å². The quantitative estimate of drug-likeness (QED) is 0.839. The Hall–Kier alpha value is -2.83. The number of ether oxygens (including phenoxy) is 1. The highest BCUT2D eigenvalue weighted by atomic mass is 16.5. The lowest BCUT2D eigenvalue weighted by atomic mass is 10.1. The van der Waals surface area contributed by atoms with Gasteiger partial charge in [-0.3, -0.25) is 9.59 Å². The van der Waals surface area contributed by atoms with Gasteiger partial charge in [-0.2, -0.15) is 0 Å². The highest BCUT2D eigenvalue weighted by molar-refractivity contribution is 5.93. The molecule has 24 heavy (non-hydrogen) atoms. The lowest BCUT2D eigenvalue weighted by Crippen LogP contribution is -2.35. The Morgan fingerprint density at radius 2 is 2.00 bits per heavy atom. The molecule has 0 aliphatic carbocycles. The largest absolute Gasteiger partial charge is 0.497 e. The number of rotatable bonds is 7. The summed E-state index contributed by atoms with van der Waals surface area (Å²) < 4.78 is 9.96. The third-order valence-electron chi connectivity index (χ3n) is 3.49. The standard InChI is InChI=1S/C17H21N3O4/c1-12-10-15(19-24-12)18-16(21)11-20(2)17(22)9-6-13-4-7-14(23-3)8-5-13/h4-5,7-8,10H,6,9,11H2,1-3H3,(H,18,19,21). The van der Waals surface area contributed by atoms with Gasteiger partial charge in [-0.15, -0.1) is 0 Å². The van der Waals surface area contributed by atoms with Crippen LogP contribution >= 0.6 is 0 Å². The van der Waals surface area contributed by atoms with E-state index >= 15 is 0 Å². The summed E-state index contributed by atoms with van der Waals surface area (Å²) in [6.07, 6.45) is 0.941. The lowest BCUT2D eigenvalue weighted by molar-refractivity contribution is -0.133. The van der Waals surface area contributed by atoms with Crippen molar-refractivity contribution < 1.29 is 18.8 Å². The van der Waals surface area contributed by atoms with Gasteiger partial charge in [0.15, 0.2) is 5.82 Å². The van der Waals surface area contributed by atoms with Gasteiger partial charge in [0.1, 0.15) is 11.5 Å². The molecule has 0 saturated heterocycles. The van der Waals surface area contributed by atoms with E-state index in [1.165, 1.54) is 4.90 Å². The monoisotopic (exact) mass is 331 g/mol. The minimum absolute atomic E-state index is 0.0344. The van der Waals surface area contributed by atoms with Crippen molar-refractivity contribution in [3.63, 3.8) is 0 Å². The molecule has 0 radical (unpaired) electrons. The van der Waals surface area contributed by atoms with Crippen LogP contribution in [0.15, 0.2) is 34.9 Å². The van der Waals surface area contributed by atoms with Crippen LogP contribution in [0.1, 0.15) is 17.7 Å². The maximum absolute atomic E-state index is 12.1. The predicted octanol–water partition coefficient (Wildman–Crippen LogP) is 2.02. The molecule has 2 rings (SSSR count). The first kappa shape index (κ1) is 17.5. The number of aromatic nitrogens is 1. The zero-order valence-electron chi connectivity index (χ0n) is 14.0. The number of nitrogens with one attached hydrogen (secondary N) is 1. The highest BCUT2D eigenvalue weighted by Crippen LogP contribution is 2.13. The van der Waals surface area contributed by atoms with Crippen molar-refractivity contribution >= 4 is 17.6 Å². The van der Waals surface area contributed by atoms with Gasteiger partial charge in [0.2, 0.25) is 11.8 Å². The molecule has 0 fully saturated rings. The van der Waals surface area contributed by atoms with Gasteiger partial charge in [0.25, 0.3) is 0 Å². The number of aryl methyl sites for hydroxylation is 2. The molecule has 0 bridgehead atoms. The van der Waals surface area contributed by atoms with E-state index in [9.17, 15) is 9.59 Å². The fourth-order valence-electron chi connectivity index (χ4n) is 2.15. The van der Waals surface area contributed by atoms with Crippen LogP contribution < -0.4 is 10.1 Å². The number of benzene rings is 1. The molecule has 7 nitrogen and oxygen atoms in total. The molecule has 2 aromatic rings. The van der Waals surface area contributed by atoms with E-state index in [2.05, 4.69) is 10.5 Å². The maximum Gasteiger partial charge on any atom is 0.245 e. The molecular formula is C17H21N3O4. The summed E-state index contributed by atoms with van der Waals surface area (Å²) in [5.41, 5.74) is 1.04. The van der Waals surface area contributed by atoms with Crippen molar-refractivity contribution in [2.75, 3.05) is 26.0 Å². The minimum atomic E-state index is -0.316. The van der Waals surface area contributed by atoms with Crippen LogP contribution in [0.4, 0.5) is 5.82 Å². The van der Waals surface area contributed by atoms with E-state index in [1.807, 2.05) is 24.3 Å². The fourth-order valence-corrected chi connectivity index (χ4v) is 2.15. The van der Waals surface area contributed by atoms with Crippen molar-refractivity contribution in [2.45, 2.75) is 19.8 Å². The number of anilines is 1. The number of amides is 2. The summed E-state index contributed by atoms with van der Waals surface area (Å²) in [5, 5.41) is 6.26. The van der Waals surface area contributed by atoms with Gasteiger partial charge in [0.05, 0.1) is 13.7 Å². The van der Waals surface area contributed by atoms with Crippen molar-refractivity contribution in [1.82, 2.24) is 10.1 Å². The number of carbonyl (C=O) groups excluding carboxylic acids is 2. The van der Waals surface area contributed by atoms with E-state index in [0.29, 0.717) is 24.4 Å². The van der Waals surface area contributed by atoms with Crippen LogP contribution in [0, 0.1) is 6.92 Å². The van der Waals surface area contributed by atoms with Crippen molar-refractivity contribution in [3.8, 4) is 5.75 Å². The fraction of sp³-hybridized carbons (Fsp3) is 0.353. The normalized spacial score (nSPS) is 10.3. The van der Waals surface area contributed by atoms with E-state index in [-0.39, 0.29) is 18.4 Å². The second kappa shape index (κ2) is 8.14. The predicted molar refractivity (Wildman–Crippen MR) is 88.8 cm³/mol. The summed E-state index contributed by atoms with van der Waals surface area (Å²) in [5.74, 6) is 1.31. The van der Waals surface area contributed by atoms with Crippen LogP contribution in [0.3, 0.4) is 0 Å². The van der Waals surface area contributed by atoms with Gasteiger partial charge >= 0.3 is 0 Å². The molecule has 7 heteroatoms. The number of methoxy groups -OCH3 is 1. The first-order valence-electron chi connectivity index (χ1n) is 7.58. The molecule has 0 aliphatic rings. The summed E-state index contributed by atoms with van der Waals surface area (Å²) >= 11 is 0. The molecule has 2 amide bonds. The zero-order chi connectivity index (χ0) is 17.5. The molecule has 0 saturated carbocycles. The Morgan fingerprint density at radius 3 is 2.58 bits per heavy atom. The number of likely N-dealkylation sites (N-methyl/N-ethyl adjacent to an activating group) is 1. The van der Waals surface area contributed by atoms with Crippen molar-refractivity contribution in [1.29, 1.82) is 0 Å². The highest BCUT2D eigenvalue weighted by Gasteiger charge is 2.14. The van der Waals surface area contributed by atoms with Crippen LogP contribution in [0.25, 0.3) is 0 Å². The zero-order valence-corrected chi connectivity index (χ0v) is 14.0. The van der Waals surface area contributed by atoms with E-state index in [0.717, 1.165) is 11.3 Å². The third-order valence-corrected chi connectivity index (χ3v) is 3.49. The molecule has 0 unspecified atom stereocenters. The van der Waals surface area contributed by atoms with Crippen molar-refractivity contribution in [3.05, 3.63) is 41.7 Å². The second-order valence-electron chi connectivity index (χ2n) is 5.47. The molecule has 1 heterocycles. The van der Waals surface area contributed by atoms with Crippen LogP contribution in [-0.4, -0.2) is 42.6 Å². The average Bonchev–Trinajstić information content (AvgIpc) is 2.97. The minimum Gasteiger partial charge on any atom is -0.497 e. The van der Waals surface area contributed by atoms with Gasteiger partial charge in [-0.25, -0.2) is 0 Å². The smallest absolute Gasteiger partial charge is 0.245 e. The van der Waals surface area contributed by atoms with Crippen LogP contribution in [0.2, 0.25) is 0 Å². The average molecular weight is 331 g/mol. The molecule has 0 spiro atoms. The number of nitrogens with zero attached hydrogens (tertiary/aromatic N) is 2. The van der Waals surface area contributed by atoms with Gasteiger partial charge in [-0.1, -0.05) is 17.3 Å². The summed E-state index contributed by atoms with van der Waals surface area (Å²) in [4.78, 5) is 25.4. The SMILES string of the molecule is COc1ccc(CCC(=O)N(C)CC(=O)Nc2cc(C)on2)cc1. The molecule has 1 aromatic carbocycles. The lowest BCUT2D eigenvalue weighted by Gasteiger charge is -2.16. The molecule has 1 aromatic heterocycles. The van der Waals surface area contributed by atoms with E-state index in [4.69, 9.17) is 9.26 Å². The first-order valence-corrected chi connectivity index (χ1v) is 7.58.